The van der Waals surface area contributed by atoms with E-state index >= 15 is 0 Å². The van der Waals surface area contributed by atoms with E-state index in [1.807, 2.05) is 30.3 Å². The highest BCUT2D eigenvalue weighted by Gasteiger charge is 2.26. The molecule has 3 amide bonds. The smallest absolute Gasteiger partial charge is 0.317 e. The van der Waals surface area contributed by atoms with Crippen LogP contribution in [0, 0.1) is 0 Å². The van der Waals surface area contributed by atoms with Gasteiger partial charge in [-0.25, -0.2) is 4.79 Å². The second-order valence-corrected chi connectivity index (χ2v) is 6.49. The van der Waals surface area contributed by atoms with E-state index in [9.17, 15) is 9.59 Å². The van der Waals surface area contributed by atoms with Gasteiger partial charge in [0.25, 0.3) is 5.91 Å². The number of carbonyl (C=O) groups excluding carboxylic acids is 2. The van der Waals surface area contributed by atoms with Gasteiger partial charge in [0, 0.05) is 38.3 Å². The van der Waals surface area contributed by atoms with Gasteiger partial charge in [0.05, 0.1) is 0 Å². The zero-order chi connectivity index (χ0) is 18.6. The Hall–Kier alpha value is -3.22. The lowest BCUT2D eigenvalue weighted by molar-refractivity contribution is 0.0664. The van der Waals surface area contributed by atoms with Crippen LogP contribution in [-0.4, -0.2) is 54.7 Å². The number of benzene rings is 2. The second kappa shape index (κ2) is 7.57. The Bertz CT molecular complexity index is 832. The van der Waals surface area contributed by atoms with E-state index in [1.54, 1.807) is 28.0 Å². The second-order valence-electron chi connectivity index (χ2n) is 6.49. The lowest BCUT2D eigenvalue weighted by atomic mass is 10.1. The van der Waals surface area contributed by atoms with Gasteiger partial charge < -0.3 is 24.6 Å². The van der Waals surface area contributed by atoms with Crippen molar-refractivity contribution in [2.75, 3.05) is 33.0 Å². The van der Waals surface area contributed by atoms with Crippen LogP contribution in [0.3, 0.4) is 0 Å². The van der Waals surface area contributed by atoms with Gasteiger partial charge >= 0.3 is 6.03 Å². The fourth-order valence-corrected chi connectivity index (χ4v) is 3.21. The van der Waals surface area contributed by atoms with E-state index in [1.165, 1.54) is 0 Å². The van der Waals surface area contributed by atoms with Crippen molar-refractivity contribution in [1.29, 1.82) is 0 Å². The third-order valence-corrected chi connectivity index (χ3v) is 4.76. The summed E-state index contributed by atoms with van der Waals surface area (Å²) in [6.07, 6.45) is 0. The summed E-state index contributed by atoms with van der Waals surface area (Å²) in [5.74, 6) is 1.20. The highest BCUT2D eigenvalue weighted by atomic mass is 16.7. The number of nitrogens with zero attached hydrogens (tertiary/aromatic N) is 2. The first-order valence-electron chi connectivity index (χ1n) is 8.96. The van der Waals surface area contributed by atoms with E-state index in [0.29, 0.717) is 49.8 Å². The Morgan fingerprint density at radius 1 is 0.889 bits per heavy atom. The SMILES string of the molecule is O=C(NCc1ccccc1)N1CCN(C(=O)c2ccc3c(c2)OCO3)CC1. The standard InChI is InChI=1S/C20H21N3O4/c24-19(16-6-7-17-18(12-16)27-14-26-17)22-8-10-23(11-9-22)20(25)21-13-15-4-2-1-3-5-15/h1-7,12H,8-11,13-14H2,(H,21,25). The molecule has 2 aromatic carbocycles. The largest absolute Gasteiger partial charge is 0.454 e. The Morgan fingerprint density at radius 2 is 1.59 bits per heavy atom. The van der Waals surface area contributed by atoms with Gasteiger partial charge in [0.1, 0.15) is 0 Å². The Labute approximate surface area is 157 Å². The molecular formula is C20H21N3O4. The molecule has 140 valence electrons. The number of urea groups is 1. The molecule has 4 rings (SSSR count). The summed E-state index contributed by atoms with van der Waals surface area (Å²) < 4.78 is 10.6. The van der Waals surface area contributed by atoms with Crippen molar-refractivity contribution in [2.45, 2.75) is 6.54 Å². The first-order chi connectivity index (χ1) is 13.2. The van der Waals surface area contributed by atoms with E-state index in [0.717, 1.165) is 5.56 Å². The summed E-state index contributed by atoms with van der Waals surface area (Å²) in [5.41, 5.74) is 1.63. The number of carbonyl (C=O) groups is 2. The monoisotopic (exact) mass is 367 g/mol. The van der Waals surface area contributed by atoms with Crippen molar-refractivity contribution in [2.24, 2.45) is 0 Å². The third kappa shape index (κ3) is 3.81. The van der Waals surface area contributed by atoms with E-state index < -0.39 is 0 Å². The van der Waals surface area contributed by atoms with Crippen LogP contribution in [0.25, 0.3) is 0 Å². The Balaban J connectivity index is 1.29. The van der Waals surface area contributed by atoms with Gasteiger partial charge in [-0.2, -0.15) is 0 Å². The number of fused-ring (bicyclic) bond motifs is 1. The molecule has 2 aromatic rings. The summed E-state index contributed by atoms with van der Waals surface area (Å²) in [7, 11) is 0. The van der Waals surface area contributed by atoms with E-state index in [4.69, 9.17) is 9.47 Å². The number of hydrogen-bond acceptors (Lipinski definition) is 4. The molecule has 0 saturated carbocycles. The number of rotatable bonds is 3. The zero-order valence-electron chi connectivity index (χ0n) is 14.9. The van der Waals surface area contributed by atoms with Crippen molar-refractivity contribution in [1.82, 2.24) is 15.1 Å². The lowest BCUT2D eigenvalue weighted by Crippen LogP contribution is -2.53. The first-order valence-corrected chi connectivity index (χ1v) is 8.96. The highest BCUT2D eigenvalue weighted by Crippen LogP contribution is 2.32. The normalized spacial score (nSPS) is 15.6. The molecule has 0 radical (unpaired) electrons. The maximum absolute atomic E-state index is 12.7. The Morgan fingerprint density at radius 3 is 2.37 bits per heavy atom. The minimum absolute atomic E-state index is 0.0577. The molecule has 1 fully saturated rings. The molecule has 0 bridgehead atoms. The van der Waals surface area contributed by atoms with Crippen LogP contribution in [0.5, 0.6) is 11.5 Å². The van der Waals surface area contributed by atoms with E-state index in [-0.39, 0.29) is 18.7 Å². The van der Waals surface area contributed by atoms with Crippen LogP contribution in [-0.2, 0) is 6.54 Å². The van der Waals surface area contributed by atoms with Gasteiger partial charge in [0.2, 0.25) is 6.79 Å². The van der Waals surface area contributed by atoms with Gasteiger partial charge in [-0.3, -0.25) is 4.79 Å². The molecule has 7 heteroatoms. The molecule has 1 saturated heterocycles. The minimum atomic E-state index is -0.103. The quantitative estimate of drug-likeness (QED) is 0.902. The molecule has 2 aliphatic heterocycles. The zero-order valence-corrected chi connectivity index (χ0v) is 14.9. The molecule has 7 nitrogen and oxygen atoms in total. The average molecular weight is 367 g/mol. The molecule has 0 aromatic heterocycles. The topological polar surface area (TPSA) is 71.1 Å². The predicted molar refractivity (Wildman–Crippen MR) is 98.7 cm³/mol. The molecule has 2 heterocycles. The van der Waals surface area contributed by atoms with Crippen LogP contribution in [0.2, 0.25) is 0 Å². The number of ether oxygens (including phenoxy) is 2. The fraction of sp³-hybridized carbons (Fsp3) is 0.300. The first kappa shape index (κ1) is 17.2. The van der Waals surface area contributed by atoms with Crippen molar-refractivity contribution < 1.29 is 19.1 Å². The number of amides is 3. The van der Waals surface area contributed by atoms with Gasteiger partial charge in [-0.1, -0.05) is 30.3 Å². The Kier molecular flexibility index (Phi) is 4.82. The third-order valence-electron chi connectivity index (χ3n) is 4.76. The molecule has 0 aliphatic carbocycles. The average Bonchev–Trinajstić information content (AvgIpc) is 3.20. The summed E-state index contributed by atoms with van der Waals surface area (Å²) in [4.78, 5) is 28.5. The van der Waals surface area contributed by atoms with Gasteiger partial charge in [-0.15, -0.1) is 0 Å². The van der Waals surface area contributed by atoms with Crippen LogP contribution < -0.4 is 14.8 Å². The molecule has 0 unspecified atom stereocenters. The number of nitrogens with one attached hydrogen (secondary N) is 1. The van der Waals surface area contributed by atoms with Crippen LogP contribution >= 0.6 is 0 Å². The van der Waals surface area contributed by atoms with Crippen LogP contribution in [0.4, 0.5) is 4.79 Å². The maximum Gasteiger partial charge on any atom is 0.317 e. The molecule has 0 atom stereocenters. The van der Waals surface area contributed by atoms with Crippen LogP contribution in [0.15, 0.2) is 48.5 Å². The van der Waals surface area contributed by atoms with Crippen molar-refractivity contribution in [3.8, 4) is 11.5 Å². The van der Waals surface area contributed by atoms with Crippen LogP contribution in [0.1, 0.15) is 15.9 Å². The highest BCUT2D eigenvalue weighted by molar-refractivity contribution is 5.95. The van der Waals surface area contributed by atoms with Crippen molar-refractivity contribution in [3.63, 3.8) is 0 Å². The molecular weight excluding hydrogens is 346 g/mol. The minimum Gasteiger partial charge on any atom is -0.454 e. The molecule has 2 aliphatic rings. The van der Waals surface area contributed by atoms with Crippen molar-refractivity contribution >= 4 is 11.9 Å². The van der Waals surface area contributed by atoms with Crippen molar-refractivity contribution in [3.05, 3.63) is 59.7 Å². The van der Waals surface area contributed by atoms with E-state index in [2.05, 4.69) is 5.32 Å². The summed E-state index contributed by atoms with van der Waals surface area (Å²) in [5, 5.41) is 2.93. The number of piperazine rings is 1. The summed E-state index contributed by atoms with van der Waals surface area (Å²) >= 11 is 0. The fourth-order valence-electron chi connectivity index (χ4n) is 3.21. The number of hydrogen-bond donors (Lipinski definition) is 1. The van der Waals surface area contributed by atoms with Gasteiger partial charge in [-0.05, 0) is 23.8 Å². The summed E-state index contributed by atoms with van der Waals surface area (Å²) in [6, 6.07) is 14.9. The lowest BCUT2D eigenvalue weighted by Gasteiger charge is -2.34. The van der Waals surface area contributed by atoms with Gasteiger partial charge in [0.15, 0.2) is 11.5 Å². The maximum atomic E-state index is 12.7. The molecule has 1 N–H and O–H groups in total. The predicted octanol–water partition coefficient (Wildman–Crippen LogP) is 2.08. The molecule has 27 heavy (non-hydrogen) atoms. The molecule has 0 spiro atoms. The summed E-state index contributed by atoms with van der Waals surface area (Å²) in [6.45, 7) is 2.71.